The molecule has 1 aromatic heterocycles. The number of aryl methyl sites for hydroxylation is 2. The highest BCUT2D eigenvalue weighted by atomic mass is 79.9. The van der Waals surface area contributed by atoms with E-state index in [2.05, 4.69) is 33.2 Å². The maximum Gasteiger partial charge on any atom is 0.207 e. The first kappa shape index (κ1) is 12.5. The van der Waals surface area contributed by atoms with Gasteiger partial charge < -0.3 is 9.88 Å². The van der Waals surface area contributed by atoms with Gasteiger partial charge in [-0.05, 0) is 47.5 Å². The summed E-state index contributed by atoms with van der Waals surface area (Å²) < 4.78 is 3.00. The summed E-state index contributed by atoms with van der Waals surface area (Å²) in [5.74, 6) is 0.813. The van der Waals surface area contributed by atoms with Crippen LogP contribution in [0, 0.1) is 6.92 Å². The zero-order chi connectivity index (χ0) is 12.4. The molecule has 1 aromatic carbocycles. The van der Waals surface area contributed by atoms with Crippen LogP contribution < -0.4 is 5.32 Å². The van der Waals surface area contributed by atoms with E-state index in [0.717, 1.165) is 33.2 Å². The van der Waals surface area contributed by atoms with Gasteiger partial charge in [0.1, 0.15) is 0 Å². The third kappa shape index (κ3) is 2.64. The summed E-state index contributed by atoms with van der Waals surface area (Å²) in [6.45, 7) is 4.92. The molecule has 0 fully saturated rings. The Labute approximate surface area is 114 Å². The van der Waals surface area contributed by atoms with Gasteiger partial charge in [-0.15, -0.1) is 0 Å². The molecule has 2 rings (SSSR count). The van der Waals surface area contributed by atoms with Gasteiger partial charge in [0.25, 0.3) is 0 Å². The highest BCUT2D eigenvalue weighted by molar-refractivity contribution is 9.10. The average Bonchev–Trinajstić information content (AvgIpc) is 2.73. The van der Waals surface area contributed by atoms with E-state index < -0.39 is 0 Å². The largest absolute Gasteiger partial charge is 0.325 e. The monoisotopic (exact) mass is 313 g/mol. The molecule has 0 saturated heterocycles. The molecule has 90 valence electrons. The van der Waals surface area contributed by atoms with Crippen LogP contribution in [0.25, 0.3) is 0 Å². The molecule has 1 N–H and O–H groups in total. The van der Waals surface area contributed by atoms with Gasteiger partial charge >= 0.3 is 0 Å². The van der Waals surface area contributed by atoms with Gasteiger partial charge in [-0.25, -0.2) is 4.98 Å². The minimum atomic E-state index is 0.741. The molecule has 0 atom stereocenters. The van der Waals surface area contributed by atoms with Gasteiger partial charge in [-0.1, -0.05) is 11.6 Å². The van der Waals surface area contributed by atoms with Crippen molar-refractivity contribution in [2.75, 3.05) is 5.32 Å². The number of benzene rings is 1. The molecule has 0 aliphatic carbocycles. The van der Waals surface area contributed by atoms with Crippen molar-refractivity contribution in [3.63, 3.8) is 0 Å². The topological polar surface area (TPSA) is 29.9 Å². The summed E-state index contributed by atoms with van der Waals surface area (Å²) in [6, 6.07) is 3.89. The van der Waals surface area contributed by atoms with Crippen LogP contribution in [0.4, 0.5) is 11.6 Å². The molecule has 3 nitrogen and oxygen atoms in total. The molecular formula is C12H13BrClN3. The molecule has 0 unspecified atom stereocenters. The lowest BCUT2D eigenvalue weighted by atomic mass is 10.2. The second kappa shape index (κ2) is 5.10. The number of hydrogen-bond donors (Lipinski definition) is 1. The van der Waals surface area contributed by atoms with Crippen LogP contribution in [-0.2, 0) is 6.54 Å². The van der Waals surface area contributed by atoms with Gasteiger partial charge in [0, 0.05) is 28.4 Å². The predicted molar refractivity (Wildman–Crippen MR) is 75.1 cm³/mol. The van der Waals surface area contributed by atoms with Crippen LogP contribution in [0.2, 0.25) is 5.02 Å². The fourth-order valence-electron chi connectivity index (χ4n) is 1.55. The Kier molecular flexibility index (Phi) is 3.74. The van der Waals surface area contributed by atoms with Crippen LogP contribution in [-0.4, -0.2) is 9.55 Å². The molecule has 0 saturated carbocycles. The summed E-state index contributed by atoms with van der Waals surface area (Å²) in [4.78, 5) is 4.26. The number of nitrogens with zero attached hydrogens (tertiary/aromatic N) is 2. The Morgan fingerprint density at radius 1 is 1.47 bits per heavy atom. The zero-order valence-electron chi connectivity index (χ0n) is 9.67. The number of aromatic nitrogens is 2. The Morgan fingerprint density at radius 2 is 2.24 bits per heavy atom. The summed E-state index contributed by atoms with van der Waals surface area (Å²) in [7, 11) is 0. The zero-order valence-corrected chi connectivity index (χ0v) is 12.0. The van der Waals surface area contributed by atoms with E-state index in [1.807, 2.05) is 29.8 Å². The molecule has 0 radical (unpaired) electrons. The first-order chi connectivity index (χ1) is 8.11. The lowest BCUT2D eigenvalue weighted by Gasteiger charge is -2.11. The molecule has 1 heterocycles. The highest BCUT2D eigenvalue weighted by Crippen LogP contribution is 2.30. The van der Waals surface area contributed by atoms with Gasteiger partial charge in [0.05, 0.1) is 5.69 Å². The first-order valence-corrected chi connectivity index (χ1v) is 6.52. The van der Waals surface area contributed by atoms with Gasteiger partial charge in [-0.2, -0.15) is 0 Å². The lowest BCUT2D eigenvalue weighted by Crippen LogP contribution is -2.02. The van der Waals surface area contributed by atoms with E-state index in [0.29, 0.717) is 0 Å². The van der Waals surface area contributed by atoms with Crippen LogP contribution >= 0.6 is 27.5 Å². The minimum Gasteiger partial charge on any atom is -0.325 e. The minimum absolute atomic E-state index is 0.741. The smallest absolute Gasteiger partial charge is 0.207 e. The van der Waals surface area contributed by atoms with Crippen molar-refractivity contribution in [2.45, 2.75) is 20.4 Å². The predicted octanol–water partition coefficient (Wildman–Crippen LogP) is 4.37. The lowest BCUT2D eigenvalue weighted by molar-refractivity contribution is 0.772. The number of anilines is 2. The molecule has 5 heteroatoms. The second-order valence-electron chi connectivity index (χ2n) is 3.74. The van der Waals surface area contributed by atoms with Crippen LogP contribution in [0.5, 0.6) is 0 Å². The standard InChI is InChI=1S/C12H13BrClN3/c1-3-17-5-4-15-12(17)16-11-7-10(14)8(2)6-9(11)13/h4-7H,3H2,1-2H3,(H,15,16). The Bertz CT molecular complexity index is 537. The number of rotatable bonds is 3. The van der Waals surface area contributed by atoms with E-state index in [9.17, 15) is 0 Å². The van der Waals surface area contributed by atoms with E-state index in [1.54, 1.807) is 6.20 Å². The molecule has 0 bridgehead atoms. The number of hydrogen-bond acceptors (Lipinski definition) is 2. The van der Waals surface area contributed by atoms with Crippen molar-refractivity contribution >= 4 is 39.2 Å². The van der Waals surface area contributed by atoms with E-state index >= 15 is 0 Å². The molecule has 0 spiro atoms. The second-order valence-corrected chi connectivity index (χ2v) is 5.00. The van der Waals surface area contributed by atoms with Crippen molar-refractivity contribution in [3.05, 3.63) is 39.6 Å². The fraction of sp³-hybridized carbons (Fsp3) is 0.250. The normalized spacial score (nSPS) is 10.6. The quantitative estimate of drug-likeness (QED) is 0.911. The van der Waals surface area contributed by atoms with Crippen molar-refractivity contribution in [3.8, 4) is 0 Å². The van der Waals surface area contributed by atoms with Gasteiger partial charge in [-0.3, -0.25) is 0 Å². The number of nitrogens with one attached hydrogen (secondary N) is 1. The Morgan fingerprint density at radius 3 is 2.94 bits per heavy atom. The van der Waals surface area contributed by atoms with Crippen LogP contribution in [0.3, 0.4) is 0 Å². The van der Waals surface area contributed by atoms with Crippen LogP contribution in [0.15, 0.2) is 29.0 Å². The SMILES string of the molecule is CCn1ccnc1Nc1cc(Cl)c(C)cc1Br. The maximum absolute atomic E-state index is 6.11. The maximum atomic E-state index is 6.11. The summed E-state index contributed by atoms with van der Waals surface area (Å²) in [5, 5.41) is 4.00. The summed E-state index contributed by atoms with van der Waals surface area (Å²) >= 11 is 9.63. The highest BCUT2D eigenvalue weighted by Gasteiger charge is 2.07. The third-order valence-electron chi connectivity index (χ3n) is 2.55. The fourth-order valence-corrected chi connectivity index (χ4v) is 2.27. The molecular weight excluding hydrogens is 302 g/mol. The summed E-state index contributed by atoms with van der Waals surface area (Å²) in [6.07, 6.45) is 3.71. The van der Waals surface area contributed by atoms with E-state index in [-0.39, 0.29) is 0 Å². The first-order valence-electron chi connectivity index (χ1n) is 5.35. The van der Waals surface area contributed by atoms with Crippen LogP contribution in [0.1, 0.15) is 12.5 Å². The molecule has 0 aliphatic rings. The van der Waals surface area contributed by atoms with Crippen molar-refractivity contribution in [1.82, 2.24) is 9.55 Å². The van der Waals surface area contributed by atoms with E-state index in [1.165, 1.54) is 0 Å². The van der Waals surface area contributed by atoms with Gasteiger partial charge in [0.15, 0.2) is 0 Å². The van der Waals surface area contributed by atoms with Crippen molar-refractivity contribution in [1.29, 1.82) is 0 Å². The molecule has 0 amide bonds. The van der Waals surface area contributed by atoms with Crippen molar-refractivity contribution in [2.24, 2.45) is 0 Å². The molecule has 17 heavy (non-hydrogen) atoms. The third-order valence-corrected chi connectivity index (χ3v) is 3.61. The molecule has 2 aromatic rings. The van der Waals surface area contributed by atoms with Gasteiger partial charge in [0.2, 0.25) is 5.95 Å². The summed E-state index contributed by atoms with van der Waals surface area (Å²) in [5.41, 5.74) is 1.96. The number of imidazole rings is 1. The average molecular weight is 315 g/mol. The van der Waals surface area contributed by atoms with Crippen molar-refractivity contribution < 1.29 is 0 Å². The Balaban J connectivity index is 2.33. The van der Waals surface area contributed by atoms with E-state index in [4.69, 9.17) is 11.6 Å². The molecule has 0 aliphatic heterocycles. The number of halogens is 2. The Hall–Kier alpha value is -1.000.